The van der Waals surface area contributed by atoms with Crippen LogP contribution in [0, 0.1) is 5.92 Å². The van der Waals surface area contributed by atoms with E-state index in [1.807, 2.05) is 0 Å². The van der Waals surface area contributed by atoms with E-state index < -0.39 is 89.7 Å². The van der Waals surface area contributed by atoms with Gasteiger partial charge in [-0.2, -0.15) is 0 Å². The second kappa shape index (κ2) is 30.5. The smallest absolute Gasteiger partial charge is 0.409 e. The zero-order chi connectivity index (χ0) is 62.0. The van der Waals surface area contributed by atoms with Gasteiger partial charge in [0, 0.05) is 56.0 Å². The van der Waals surface area contributed by atoms with Crippen LogP contribution in [0.3, 0.4) is 0 Å². The van der Waals surface area contributed by atoms with Crippen LogP contribution < -0.4 is 66.9 Å². The van der Waals surface area contributed by atoms with Gasteiger partial charge in [0.05, 0.1) is 57.3 Å². The van der Waals surface area contributed by atoms with Crippen LogP contribution in [-0.2, 0) is 20.7 Å². The first-order valence-corrected chi connectivity index (χ1v) is 27.3. The number of primary amides is 3. The minimum atomic E-state index is -1.21. The van der Waals surface area contributed by atoms with Crippen LogP contribution in [-0.4, -0.2) is 157 Å². The number of alkyl carbamates (subject to hydrolysis) is 1. The van der Waals surface area contributed by atoms with Crippen molar-refractivity contribution >= 4 is 53.6 Å². The number of nitrogens with one attached hydrogen (secondary N) is 4. The number of hydrogen-bond acceptors (Lipinski definition) is 17. The van der Waals surface area contributed by atoms with Crippen molar-refractivity contribution in [3.8, 4) is 34.5 Å². The molecule has 26 heteroatoms. The number of anilines is 1. The molecule has 3 aromatic rings. The number of urea groups is 1. The predicted octanol–water partition coefficient (Wildman–Crippen LogP) is 4.81. The lowest BCUT2D eigenvalue weighted by Crippen LogP contribution is -2.55. The number of benzene rings is 3. The minimum Gasteiger partial charge on any atom is -0.493 e. The molecule has 5 rings (SSSR count). The summed E-state index contributed by atoms with van der Waals surface area (Å²) < 4.78 is 40.1. The van der Waals surface area contributed by atoms with Crippen molar-refractivity contribution in [3.63, 3.8) is 0 Å². The summed E-state index contributed by atoms with van der Waals surface area (Å²) in [5.41, 5.74) is 17.7. The fourth-order valence-corrected chi connectivity index (χ4v) is 9.47. The second-order valence-electron chi connectivity index (χ2n) is 21.6. The number of hydrogen-bond donors (Lipinski definition) is 9. The second-order valence-corrected chi connectivity index (χ2v) is 21.6. The zero-order valence-corrected chi connectivity index (χ0v) is 48.5. The highest BCUT2D eigenvalue weighted by Gasteiger charge is 2.36. The molecule has 84 heavy (non-hydrogen) atoms. The van der Waals surface area contributed by atoms with E-state index in [0.29, 0.717) is 43.4 Å². The van der Waals surface area contributed by atoms with Gasteiger partial charge in [0.25, 0.3) is 11.8 Å². The molecule has 0 radical (unpaired) electrons. The summed E-state index contributed by atoms with van der Waals surface area (Å²) in [6.07, 6.45) is -1.40. The maximum atomic E-state index is 14.0. The maximum absolute atomic E-state index is 14.0. The Morgan fingerprint density at radius 1 is 0.690 bits per heavy atom. The molecule has 12 N–H and O–H groups in total. The molecule has 5 atom stereocenters. The van der Waals surface area contributed by atoms with Crippen molar-refractivity contribution in [3.05, 3.63) is 89.5 Å². The molecule has 2 fully saturated rings. The summed E-state index contributed by atoms with van der Waals surface area (Å²) in [4.78, 5) is 107. The first kappa shape index (κ1) is 66.0. The molecule has 26 nitrogen and oxygen atoms in total. The quantitative estimate of drug-likeness (QED) is 0.0348. The van der Waals surface area contributed by atoms with Crippen molar-refractivity contribution in [1.82, 2.24) is 25.8 Å². The van der Waals surface area contributed by atoms with Gasteiger partial charge in [0.15, 0.2) is 23.0 Å². The number of methoxy groups -OCH3 is 2. The largest absolute Gasteiger partial charge is 0.493 e. The third kappa shape index (κ3) is 19.1. The van der Waals surface area contributed by atoms with Crippen molar-refractivity contribution in [2.45, 2.75) is 122 Å². The third-order valence-electron chi connectivity index (χ3n) is 13.5. The van der Waals surface area contributed by atoms with Gasteiger partial charge >= 0.3 is 24.3 Å². The lowest BCUT2D eigenvalue weighted by atomic mass is 10.0. The van der Waals surface area contributed by atoms with Gasteiger partial charge in [0.1, 0.15) is 35.3 Å². The molecule has 3 aromatic carbocycles. The summed E-state index contributed by atoms with van der Waals surface area (Å²) in [6.45, 7) is 16.3. The molecule has 0 aliphatic carbocycles. The van der Waals surface area contributed by atoms with E-state index in [4.69, 9.17) is 50.4 Å². The lowest BCUT2D eigenvalue weighted by Gasteiger charge is -2.27. The summed E-state index contributed by atoms with van der Waals surface area (Å²) in [6, 6.07) is 8.07. The number of aliphatic hydroxyl groups is 2. The van der Waals surface area contributed by atoms with E-state index in [-0.39, 0.29) is 104 Å². The van der Waals surface area contributed by atoms with Gasteiger partial charge in [-0.3, -0.25) is 19.2 Å². The molecule has 0 saturated carbocycles. The Kier molecular flexibility index (Phi) is 24.0. The number of amides is 9. The number of nitrogens with two attached hydrogens (primary N) is 3. The number of carbonyl (C=O) groups is 8. The van der Waals surface area contributed by atoms with E-state index >= 15 is 0 Å². The number of ether oxygens (including phenoxy) is 7. The topological polar surface area (TPSA) is 374 Å². The fraction of sp³-hybridized carbons (Fsp3) is 0.483. The molecular formula is C58H79N9O17. The van der Waals surface area contributed by atoms with Crippen LogP contribution in [0.15, 0.2) is 72.8 Å². The van der Waals surface area contributed by atoms with E-state index in [0.717, 1.165) is 11.1 Å². The molecule has 0 spiro atoms. The Morgan fingerprint density at radius 2 is 1.23 bits per heavy atom. The lowest BCUT2D eigenvalue weighted by molar-refractivity contribution is -0.128. The summed E-state index contributed by atoms with van der Waals surface area (Å²) in [7, 11) is 2.74. The number of likely N-dealkylation sites (tertiary alicyclic amines) is 2. The molecular weight excluding hydrogens is 1090 g/mol. The van der Waals surface area contributed by atoms with Gasteiger partial charge in [0.2, 0.25) is 11.8 Å². The van der Waals surface area contributed by atoms with Gasteiger partial charge in [-0.15, -0.1) is 0 Å². The highest BCUT2D eigenvalue weighted by Crippen LogP contribution is 2.40. The number of nitrogens with zero attached hydrogens (tertiary/aromatic N) is 2. The summed E-state index contributed by atoms with van der Waals surface area (Å²) in [5.74, 6) is -2.75. The molecule has 2 aliphatic heterocycles. The van der Waals surface area contributed by atoms with Crippen molar-refractivity contribution < 1.29 is 81.7 Å². The minimum absolute atomic E-state index is 0.0550. The standard InChI is InChI=1S/C58H79N9O17/c1-32(2)49(65-57(77)84-58(5,6)7)51(71)64-42(14-12-19-62-54(59)74)50(70)63-36-17-15-35(16-18-36)23-39(81-48-27-44(83-56(61)76)41(25-46(48)79-9)53(73)67-29-34(4)22-38(67)31-69)13-10-11-20-80-47-26-43(82-55(60)75)40(24-45(47)78-8)52(72)66-28-33(3)21-37(66)30-68/h15-18,24-27,32,37-39,42,49,68-69H,3-4,10-14,19-23,28-31H2,1-2,5-9H3,(H2,60,75)(H2,61,76)(H,63,70)(H,64,71)(H,65,77)(H3,59,62,74)/t37-,38-,39-,42-,49-/m0/s1. The highest BCUT2D eigenvalue weighted by molar-refractivity contribution is 6.00. The van der Waals surface area contributed by atoms with Gasteiger partial charge in [-0.1, -0.05) is 50.3 Å². The van der Waals surface area contributed by atoms with Crippen molar-refractivity contribution in [2.75, 3.05) is 59.0 Å². The monoisotopic (exact) mass is 1170 g/mol. The van der Waals surface area contributed by atoms with Gasteiger partial charge in [-0.05, 0) is 89.3 Å². The summed E-state index contributed by atoms with van der Waals surface area (Å²) >= 11 is 0. The number of carbonyl (C=O) groups excluding carboxylic acids is 8. The molecule has 0 bridgehead atoms. The predicted molar refractivity (Wildman–Crippen MR) is 307 cm³/mol. The summed E-state index contributed by atoms with van der Waals surface area (Å²) in [5, 5.41) is 30.7. The Labute approximate surface area is 487 Å². The number of unbranched alkanes of at least 4 members (excludes halogenated alkanes) is 1. The van der Waals surface area contributed by atoms with E-state index in [1.54, 1.807) is 58.9 Å². The molecule has 9 amide bonds. The van der Waals surface area contributed by atoms with E-state index in [1.165, 1.54) is 48.3 Å². The Morgan fingerprint density at radius 3 is 1.71 bits per heavy atom. The Hall–Kier alpha value is -8.78. The first-order valence-electron chi connectivity index (χ1n) is 27.3. The van der Waals surface area contributed by atoms with Crippen LogP contribution >= 0.6 is 0 Å². The van der Waals surface area contributed by atoms with Crippen molar-refractivity contribution in [1.29, 1.82) is 0 Å². The Balaban J connectivity index is 1.40. The molecule has 458 valence electrons. The highest BCUT2D eigenvalue weighted by atomic mass is 16.6. The zero-order valence-electron chi connectivity index (χ0n) is 48.5. The molecule has 0 unspecified atom stereocenters. The van der Waals surface area contributed by atoms with Crippen LogP contribution in [0.5, 0.6) is 34.5 Å². The van der Waals surface area contributed by atoms with E-state index in [9.17, 15) is 48.6 Å². The average Bonchev–Trinajstić information content (AvgIpc) is 2.67. The van der Waals surface area contributed by atoms with Gasteiger partial charge < -0.3 is 91.6 Å². The molecule has 0 aromatic heterocycles. The number of rotatable bonds is 28. The molecule has 2 aliphatic rings. The van der Waals surface area contributed by atoms with E-state index in [2.05, 4.69) is 34.4 Å². The van der Waals surface area contributed by atoms with Crippen LogP contribution in [0.2, 0.25) is 0 Å². The van der Waals surface area contributed by atoms with Gasteiger partial charge in [-0.25, -0.2) is 19.2 Å². The molecule has 2 heterocycles. The average molecular weight is 1170 g/mol. The van der Waals surface area contributed by atoms with Crippen LogP contribution in [0.25, 0.3) is 0 Å². The normalized spacial score (nSPS) is 16.0. The third-order valence-corrected chi connectivity index (χ3v) is 13.5. The van der Waals surface area contributed by atoms with Crippen LogP contribution in [0.1, 0.15) is 106 Å². The van der Waals surface area contributed by atoms with Crippen LogP contribution in [0.4, 0.5) is 24.9 Å². The SMILES string of the molecule is C=C1C[C@@H](CO)N(C(=O)c2cc(OC)c(OCCCC[C@@H](Cc3ccc(NC(=O)[C@H](CCCNC(N)=O)NC(=O)[C@@H](NC(=O)OC(C)(C)C)C(C)C)cc3)Oc3cc(OC(N)=O)c(C(=O)N4CC(=C)C[C@H]4CO)cc3OC)cc2OC(N)=O)C1. The van der Waals surface area contributed by atoms with Crippen molar-refractivity contribution in [2.24, 2.45) is 23.1 Å². The number of aliphatic hydroxyl groups excluding tert-OH is 2. The Bertz CT molecular complexity index is 2890. The first-order chi connectivity index (χ1) is 39.7. The fourth-order valence-electron chi connectivity index (χ4n) is 9.47. The molecule has 2 saturated heterocycles. The maximum Gasteiger partial charge on any atom is 0.409 e.